The normalized spacial score (nSPS) is 12.4. The van der Waals surface area contributed by atoms with Crippen LogP contribution in [0.25, 0.3) is 11.5 Å². The fraction of sp³-hybridized carbons (Fsp3) is 0.429. The number of ether oxygens (including phenoxy) is 2. The number of methoxy groups -OCH3 is 1. The van der Waals surface area contributed by atoms with Gasteiger partial charge in [-0.3, -0.25) is 0 Å². The van der Waals surface area contributed by atoms with Crippen molar-refractivity contribution in [1.29, 1.82) is 0 Å². The van der Waals surface area contributed by atoms with Crippen LogP contribution in [0.4, 0.5) is 4.39 Å². The summed E-state index contributed by atoms with van der Waals surface area (Å²) in [6.45, 7) is 2.91. The molecule has 0 spiro atoms. The Labute approximate surface area is 122 Å². The Bertz CT molecular complexity index is 589. The summed E-state index contributed by atoms with van der Waals surface area (Å²) in [5, 5.41) is 3.77. The Balaban J connectivity index is 2.12. The standard InChI is InChI=1S/C14H18FN3O3/c1-3-6-20-8-12(16)13-17-14(21-18-13)10-5-4-9(19-2)7-11(10)15/h4-5,7,12H,3,6,8,16H2,1-2H3. The minimum Gasteiger partial charge on any atom is -0.497 e. The lowest BCUT2D eigenvalue weighted by Crippen LogP contribution is -2.18. The van der Waals surface area contributed by atoms with E-state index in [2.05, 4.69) is 10.1 Å². The van der Waals surface area contributed by atoms with Crippen molar-refractivity contribution >= 4 is 0 Å². The van der Waals surface area contributed by atoms with Crippen molar-refractivity contribution in [3.63, 3.8) is 0 Å². The fourth-order valence-corrected chi connectivity index (χ4v) is 1.72. The van der Waals surface area contributed by atoms with Crippen molar-refractivity contribution in [1.82, 2.24) is 10.1 Å². The first-order valence-corrected chi connectivity index (χ1v) is 6.66. The molecule has 7 heteroatoms. The van der Waals surface area contributed by atoms with Crippen LogP contribution in [0.15, 0.2) is 22.7 Å². The van der Waals surface area contributed by atoms with E-state index in [1.807, 2.05) is 6.92 Å². The zero-order valence-corrected chi connectivity index (χ0v) is 12.0. The van der Waals surface area contributed by atoms with Gasteiger partial charge < -0.3 is 19.7 Å². The fourth-order valence-electron chi connectivity index (χ4n) is 1.72. The highest BCUT2D eigenvalue weighted by Gasteiger charge is 2.18. The van der Waals surface area contributed by atoms with Crippen LogP contribution in [0.3, 0.4) is 0 Å². The number of nitrogens with zero attached hydrogens (tertiary/aromatic N) is 2. The van der Waals surface area contributed by atoms with Crippen molar-refractivity contribution in [2.24, 2.45) is 5.73 Å². The molecule has 1 heterocycles. The van der Waals surface area contributed by atoms with E-state index >= 15 is 0 Å². The Morgan fingerprint density at radius 1 is 1.43 bits per heavy atom. The number of hydrogen-bond donors (Lipinski definition) is 1. The van der Waals surface area contributed by atoms with Crippen molar-refractivity contribution in [3.05, 3.63) is 29.8 Å². The molecule has 0 aliphatic carbocycles. The van der Waals surface area contributed by atoms with Gasteiger partial charge in [-0.05, 0) is 18.6 Å². The van der Waals surface area contributed by atoms with Gasteiger partial charge in [0.1, 0.15) is 11.6 Å². The summed E-state index contributed by atoms with van der Waals surface area (Å²) in [5.74, 6) is 0.286. The van der Waals surface area contributed by atoms with Crippen LogP contribution >= 0.6 is 0 Å². The van der Waals surface area contributed by atoms with Gasteiger partial charge in [0, 0.05) is 12.7 Å². The van der Waals surface area contributed by atoms with Gasteiger partial charge >= 0.3 is 0 Å². The highest BCUT2D eigenvalue weighted by molar-refractivity contribution is 5.55. The molecule has 0 saturated carbocycles. The summed E-state index contributed by atoms with van der Waals surface area (Å²) in [4.78, 5) is 4.11. The topological polar surface area (TPSA) is 83.4 Å². The van der Waals surface area contributed by atoms with Crippen molar-refractivity contribution in [2.45, 2.75) is 19.4 Å². The molecule has 2 N–H and O–H groups in total. The summed E-state index contributed by atoms with van der Waals surface area (Å²) in [6.07, 6.45) is 0.904. The molecule has 0 bridgehead atoms. The van der Waals surface area contributed by atoms with Gasteiger partial charge in [0.15, 0.2) is 5.82 Å². The monoisotopic (exact) mass is 295 g/mol. The average molecular weight is 295 g/mol. The SMILES string of the molecule is CCCOCC(N)c1noc(-c2ccc(OC)cc2F)n1. The van der Waals surface area contributed by atoms with E-state index in [1.165, 1.54) is 19.2 Å². The summed E-state index contributed by atoms with van der Waals surface area (Å²) in [6, 6.07) is 3.89. The van der Waals surface area contributed by atoms with E-state index in [0.29, 0.717) is 12.4 Å². The second-order valence-electron chi connectivity index (χ2n) is 4.48. The molecule has 1 unspecified atom stereocenters. The number of halogens is 1. The maximum Gasteiger partial charge on any atom is 0.260 e. The Morgan fingerprint density at radius 2 is 2.24 bits per heavy atom. The van der Waals surface area contributed by atoms with Crippen LogP contribution < -0.4 is 10.5 Å². The van der Waals surface area contributed by atoms with Gasteiger partial charge in [0.25, 0.3) is 5.89 Å². The van der Waals surface area contributed by atoms with Crippen LogP contribution in [-0.4, -0.2) is 30.5 Å². The molecule has 0 radical (unpaired) electrons. The van der Waals surface area contributed by atoms with Crippen molar-refractivity contribution < 1.29 is 18.4 Å². The van der Waals surface area contributed by atoms with E-state index in [0.717, 1.165) is 6.42 Å². The smallest absolute Gasteiger partial charge is 0.260 e. The molecule has 1 aromatic carbocycles. The largest absolute Gasteiger partial charge is 0.497 e. The predicted octanol–water partition coefficient (Wildman–Crippen LogP) is 2.31. The van der Waals surface area contributed by atoms with Crippen molar-refractivity contribution in [3.8, 4) is 17.2 Å². The molecule has 0 aliphatic heterocycles. The lowest BCUT2D eigenvalue weighted by atomic mass is 10.2. The number of aromatic nitrogens is 2. The minimum atomic E-state index is -0.504. The molecular formula is C14H18FN3O3. The average Bonchev–Trinajstić information content (AvgIpc) is 2.97. The van der Waals surface area contributed by atoms with E-state index in [-0.39, 0.29) is 23.9 Å². The first kappa shape index (κ1) is 15.4. The highest BCUT2D eigenvalue weighted by Crippen LogP contribution is 2.25. The van der Waals surface area contributed by atoms with E-state index < -0.39 is 11.9 Å². The summed E-state index contributed by atoms with van der Waals surface area (Å²) < 4.78 is 29.2. The van der Waals surface area contributed by atoms with Crippen LogP contribution in [-0.2, 0) is 4.74 Å². The molecule has 2 aromatic rings. The Morgan fingerprint density at radius 3 is 2.90 bits per heavy atom. The third-order valence-electron chi connectivity index (χ3n) is 2.83. The van der Waals surface area contributed by atoms with E-state index in [4.69, 9.17) is 19.7 Å². The second kappa shape index (κ2) is 7.14. The molecule has 0 fully saturated rings. The van der Waals surface area contributed by atoms with Crippen molar-refractivity contribution in [2.75, 3.05) is 20.3 Å². The van der Waals surface area contributed by atoms with Crippen LogP contribution in [0.1, 0.15) is 25.2 Å². The maximum absolute atomic E-state index is 13.9. The second-order valence-corrected chi connectivity index (χ2v) is 4.48. The summed E-state index contributed by atoms with van der Waals surface area (Å²) in [7, 11) is 1.47. The quantitative estimate of drug-likeness (QED) is 0.789. The summed E-state index contributed by atoms with van der Waals surface area (Å²) >= 11 is 0. The van der Waals surface area contributed by atoms with Gasteiger partial charge in [-0.15, -0.1) is 0 Å². The molecule has 1 aromatic heterocycles. The van der Waals surface area contributed by atoms with Gasteiger partial charge in [0.2, 0.25) is 0 Å². The lowest BCUT2D eigenvalue weighted by molar-refractivity contribution is 0.119. The zero-order chi connectivity index (χ0) is 15.2. The lowest BCUT2D eigenvalue weighted by Gasteiger charge is -2.06. The van der Waals surface area contributed by atoms with Crippen LogP contribution in [0, 0.1) is 5.82 Å². The molecule has 21 heavy (non-hydrogen) atoms. The molecular weight excluding hydrogens is 277 g/mol. The van der Waals surface area contributed by atoms with Crippen LogP contribution in [0.2, 0.25) is 0 Å². The van der Waals surface area contributed by atoms with Crippen LogP contribution in [0.5, 0.6) is 5.75 Å². The number of benzene rings is 1. The van der Waals surface area contributed by atoms with E-state index in [1.54, 1.807) is 6.07 Å². The third-order valence-corrected chi connectivity index (χ3v) is 2.83. The molecule has 0 aliphatic rings. The van der Waals surface area contributed by atoms with E-state index in [9.17, 15) is 4.39 Å². The number of nitrogens with two attached hydrogens (primary N) is 1. The molecule has 1 atom stereocenters. The number of hydrogen-bond acceptors (Lipinski definition) is 6. The Kier molecular flexibility index (Phi) is 5.24. The minimum absolute atomic E-state index is 0.0797. The highest BCUT2D eigenvalue weighted by atomic mass is 19.1. The van der Waals surface area contributed by atoms with Gasteiger partial charge in [0.05, 0.1) is 25.3 Å². The van der Waals surface area contributed by atoms with Gasteiger partial charge in [-0.2, -0.15) is 4.98 Å². The zero-order valence-electron chi connectivity index (χ0n) is 12.0. The summed E-state index contributed by atoms with van der Waals surface area (Å²) in [5.41, 5.74) is 6.09. The molecule has 6 nitrogen and oxygen atoms in total. The molecule has 0 saturated heterocycles. The van der Waals surface area contributed by atoms with Gasteiger partial charge in [-0.1, -0.05) is 12.1 Å². The Hall–Kier alpha value is -1.99. The first-order chi connectivity index (χ1) is 10.2. The molecule has 2 rings (SSSR count). The number of rotatable bonds is 7. The molecule has 114 valence electrons. The predicted molar refractivity (Wildman–Crippen MR) is 74.3 cm³/mol. The first-order valence-electron chi connectivity index (χ1n) is 6.66. The van der Waals surface area contributed by atoms with Gasteiger partial charge in [-0.25, -0.2) is 4.39 Å². The third kappa shape index (κ3) is 3.77. The maximum atomic E-state index is 13.9. The molecule has 0 amide bonds.